The molecule has 41 heavy (non-hydrogen) atoms. The molecule has 0 aromatic heterocycles. The zero-order chi connectivity index (χ0) is 29.6. The van der Waals surface area contributed by atoms with Gasteiger partial charge in [0.2, 0.25) is 11.8 Å². The molecule has 3 aromatic rings. The van der Waals surface area contributed by atoms with Crippen LogP contribution in [0.25, 0.3) is 0 Å². The predicted molar refractivity (Wildman–Crippen MR) is 161 cm³/mol. The number of methoxy groups -OCH3 is 1. The van der Waals surface area contributed by atoms with Crippen LogP contribution in [0.3, 0.4) is 0 Å². The molecule has 1 aliphatic carbocycles. The van der Waals surface area contributed by atoms with Crippen molar-refractivity contribution in [2.75, 3.05) is 18.0 Å². The fourth-order valence-corrected chi connectivity index (χ4v) is 6.46. The first-order valence-electron chi connectivity index (χ1n) is 13.7. The van der Waals surface area contributed by atoms with Crippen molar-refractivity contribution < 1.29 is 22.7 Å². The lowest BCUT2D eigenvalue weighted by atomic mass is 10.1. The molecule has 218 valence electrons. The maximum Gasteiger partial charge on any atom is 0.264 e. The van der Waals surface area contributed by atoms with E-state index in [0.29, 0.717) is 16.5 Å². The standard InChI is InChI=1S/C31H36ClN3O5S/c1-22-11-15-27(16-12-22)35(41(38,39)29-17-13-25(32)14-18-29)21-30(36)34(20-24-7-6-10-28(19-24)40-3)23(2)31(37)33-26-8-4-5-9-26/h6-7,10-19,23,26H,4-5,8-9,20-21H2,1-3H3,(H,33,37)/t23-/m1/s1. The Bertz CT molecular complexity index is 1460. The number of carbonyl (C=O) groups is 2. The Morgan fingerprint density at radius 1 is 1.02 bits per heavy atom. The number of nitrogens with zero attached hydrogens (tertiary/aromatic N) is 2. The maximum atomic E-state index is 14.1. The largest absolute Gasteiger partial charge is 0.497 e. The molecule has 1 fully saturated rings. The maximum absolute atomic E-state index is 14.1. The number of aryl methyl sites for hydroxylation is 1. The molecule has 0 aliphatic heterocycles. The topological polar surface area (TPSA) is 96.0 Å². The van der Waals surface area contributed by atoms with Crippen LogP contribution in [0.2, 0.25) is 5.02 Å². The zero-order valence-electron chi connectivity index (χ0n) is 23.5. The summed E-state index contributed by atoms with van der Waals surface area (Å²) in [4.78, 5) is 28.8. The van der Waals surface area contributed by atoms with E-state index in [1.54, 1.807) is 50.4 Å². The van der Waals surface area contributed by atoms with Crippen LogP contribution in [-0.2, 0) is 26.2 Å². The number of sulfonamides is 1. The molecule has 0 bridgehead atoms. The van der Waals surface area contributed by atoms with Gasteiger partial charge in [-0.15, -0.1) is 0 Å². The van der Waals surface area contributed by atoms with Crippen molar-refractivity contribution in [3.05, 3.63) is 88.9 Å². The summed E-state index contributed by atoms with van der Waals surface area (Å²) in [6, 6.07) is 19.2. The molecular weight excluding hydrogens is 562 g/mol. The van der Waals surface area contributed by atoms with Crippen LogP contribution in [0.15, 0.2) is 77.7 Å². The highest BCUT2D eigenvalue weighted by molar-refractivity contribution is 7.92. The first kappa shape index (κ1) is 30.4. The second-order valence-electron chi connectivity index (χ2n) is 10.3. The van der Waals surface area contributed by atoms with Gasteiger partial charge in [-0.25, -0.2) is 8.42 Å². The van der Waals surface area contributed by atoms with Crippen molar-refractivity contribution in [3.8, 4) is 5.75 Å². The van der Waals surface area contributed by atoms with Gasteiger partial charge >= 0.3 is 0 Å². The number of amides is 2. The van der Waals surface area contributed by atoms with Crippen LogP contribution >= 0.6 is 11.6 Å². The van der Waals surface area contributed by atoms with Crippen molar-refractivity contribution in [1.82, 2.24) is 10.2 Å². The number of carbonyl (C=O) groups excluding carboxylic acids is 2. The molecule has 1 saturated carbocycles. The monoisotopic (exact) mass is 597 g/mol. The van der Waals surface area contributed by atoms with Crippen molar-refractivity contribution in [2.24, 2.45) is 0 Å². The van der Waals surface area contributed by atoms with E-state index in [-0.39, 0.29) is 23.4 Å². The average Bonchev–Trinajstić information content (AvgIpc) is 3.48. The van der Waals surface area contributed by atoms with Crippen LogP contribution in [0.1, 0.15) is 43.7 Å². The minimum absolute atomic E-state index is 0.00152. The fraction of sp³-hybridized carbons (Fsp3) is 0.355. The lowest BCUT2D eigenvalue weighted by molar-refractivity contribution is -0.139. The summed E-state index contributed by atoms with van der Waals surface area (Å²) in [5.41, 5.74) is 2.03. The number of ether oxygens (including phenoxy) is 1. The molecule has 0 spiro atoms. The smallest absolute Gasteiger partial charge is 0.264 e. The Morgan fingerprint density at radius 3 is 2.32 bits per heavy atom. The third-order valence-corrected chi connectivity index (χ3v) is 9.40. The number of nitrogens with one attached hydrogen (secondary N) is 1. The molecule has 0 unspecified atom stereocenters. The lowest BCUT2D eigenvalue weighted by Gasteiger charge is -2.32. The molecule has 4 rings (SSSR count). The summed E-state index contributed by atoms with van der Waals surface area (Å²) in [7, 11) is -2.60. The van der Waals surface area contributed by atoms with E-state index in [1.807, 2.05) is 19.1 Å². The molecule has 1 N–H and O–H groups in total. The fourth-order valence-electron chi connectivity index (χ4n) is 4.92. The molecule has 1 aliphatic rings. The Labute approximate surface area is 247 Å². The number of hydrogen-bond donors (Lipinski definition) is 1. The Kier molecular flexibility index (Phi) is 9.94. The highest BCUT2D eigenvalue weighted by Crippen LogP contribution is 2.26. The van der Waals surface area contributed by atoms with Crippen molar-refractivity contribution in [3.63, 3.8) is 0 Å². The molecule has 2 amide bonds. The van der Waals surface area contributed by atoms with E-state index >= 15 is 0 Å². The average molecular weight is 598 g/mol. The van der Waals surface area contributed by atoms with Gasteiger partial charge < -0.3 is 15.0 Å². The van der Waals surface area contributed by atoms with Gasteiger partial charge in [0.15, 0.2) is 0 Å². The molecule has 0 heterocycles. The Morgan fingerprint density at radius 2 is 1.68 bits per heavy atom. The summed E-state index contributed by atoms with van der Waals surface area (Å²) in [6.07, 6.45) is 3.92. The van der Waals surface area contributed by atoms with Crippen LogP contribution < -0.4 is 14.4 Å². The van der Waals surface area contributed by atoms with Gasteiger partial charge in [-0.1, -0.05) is 54.3 Å². The normalized spacial score (nSPS) is 14.3. The van der Waals surface area contributed by atoms with Crippen molar-refractivity contribution in [2.45, 2.75) is 63.1 Å². The second-order valence-corrected chi connectivity index (χ2v) is 12.6. The van der Waals surface area contributed by atoms with Gasteiger partial charge in [0.25, 0.3) is 10.0 Å². The third-order valence-electron chi connectivity index (χ3n) is 7.36. The van der Waals surface area contributed by atoms with Crippen LogP contribution in [0.4, 0.5) is 5.69 Å². The van der Waals surface area contributed by atoms with Gasteiger partial charge in [0, 0.05) is 17.6 Å². The van der Waals surface area contributed by atoms with Crippen LogP contribution in [-0.4, -0.2) is 50.9 Å². The number of hydrogen-bond acceptors (Lipinski definition) is 5. The van der Waals surface area contributed by atoms with Gasteiger partial charge in [-0.05, 0) is 80.8 Å². The minimum atomic E-state index is -4.15. The first-order chi connectivity index (χ1) is 19.6. The molecular formula is C31H36ClN3O5S. The second kappa shape index (κ2) is 13.4. The van der Waals surface area contributed by atoms with Gasteiger partial charge in [0.1, 0.15) is 18.3 Å². The van der Waals surface area contributed by atoms with E-state index in [0.717, 1.165) is 41.1 Å². The minimum Gasteiger partial charge on any atom is -0.497 e. The van der Waals surface area contributed by atoms with E-state index in [9.17, 15) is 18.0 Å². The number of rotatable bonds is 11. The van der Waals surface area contributed by atoms with Crippen molar-refractivity contribution >= 4 is 39.1 Å². The van der Waals surface area contributed by atoms with E-state index in [4.69, 9.17) is 16.3 Å². The zero-order valence-corrected chi connectivity index (χ0v) is 25.1. The summed E-state index contributed by atoms with van der Waals surface area (Å²) in [5.74, 6) is -0.167. The summed E-state index contributed by atoms with van der Waals surface area (Å²) >= 11 is 6.01. The third kappa shape index (κ3) is 7.59. The van der Waals surface area contributed by atoms with Gasteiger partial charge in [0.05, 0.1) is 17.7 Å². The van der Waals surface area contributed by atoms with Gasteiger partial charge in [-0.2, -0.15) is 0 Å². The van der Waals surface area contributed by atoms with Crippen LogP contribution in [0.5, 0.6) is 5.75 Å². The molecule has 0 radical (unpaired) electrons. The molecule has 10 heteroatoms. The first-order valence-corrected chi connectivity index (χ1v) is 15.5. The van der Waals surface area contributed by atoms with E-state index in [1.165, 1.54) is 29.2 Å². The molecule has 8 nitrogen and oxygen atoms in total. The summed E-state index contributed by atoms with van der Waals surface area (Å²) in [5, 5.41) is 3.47. The predicted octanol–water partition coefficient (Wildman–Crippen LogP) is 5.33. The summed E-state index contributed by atoms with van der Waals surface area (Å²) in [6.45, 7) is 3.16. The number of benzene rings is 3. The highest BCUT2D eigenvalue weighted by atomic mass is 35.5. The number of anilines is 1. The molecule has 3 aromatic carbocycles. The van der Waals surface area contributed by atoms with E-state index < -0.39 is 28.5 Å². The molecule has 0 saturated heterocycles. The highest BCUT2D eigenvalue weighted by Gasteiger charge is 2.33. The molecule has 1 atom stereocenters. The van der Waals surface area contributed by atoms with Crippen molar-refractivity contribution in [1.29, 1.82) is 0 Å². The lowest BCUT2D eigenvalue weighted by Crippen LogP contribution is -2.52. The number of halogens is 1. The quantitative estimate of drug-likeness (QED) is 0.322. The Hall–Kier alpha value is -3.56. The SMILES string of the molecule is COc1cccc(CN(C(=O)CN(c2ccc(C)cc2)S(=O)(=O)c2ccc(Cl)cc2)[C@H](C)C(=O)NC2CCCC2)c1. The van der Waals surface area contributed by atoms with E-state index in [2.05, 4.69) is 5.32 Å². The van der Waals surface area contributed by atoms with Gasteiger partial charge in [-0.3, -0.25) is 13.9 Å². The summed E-state index contributed by atoms with van der Waals surface area (Å²) < 4.78 is 34.2. The Balaban J connectivity index is 1.68. The van der Waals surface area contributed by atoms with Crippen LogP contribution in [0, 0.1) is 6.92 Å².